The van der Waals surface area contributed by atoms with Gasteiger partial charge in [0.2, 0.25) is 0 Å². The third kappa shape index (κ3) is 4.15. The van der Waals surface area contributed by atoms with Crippen LogP contribution in [0.1, 0.15) is 10.4 Å². The van der Waals surface area contributed by atoms with Gasteiger partial charge in [0.25, 0.3) is 10.0 Å². The molecule has 9 heteroatoms. The number of rotatable bonds is 5. The highest BCUT2D eigenvalue weighted by atomic mass is 35.5. The first-order valence-electron chi connectivity index (χ1n) is 7.47. The summed E-state index contributed by atoms with van der Waals surface area (Å²) in [6, 6.07) is 13.7. The number of fused-ring (bicyclic) bond motifs is 1. The maximum atomic E-state index is 12.7. The van der Waals surface area contributed by atoms with Gasteiger partial charge in [-0.3, -0.25) is 4.72 Å². The van der Waals surface area contributed by atoms with Crippen LogP contribution >= 0.6 is 23.8 Å². The SMILES string of the molecule is O=C(O)c1cc(NS(=O)(=O)c2ccc3ccc(N=C=S)cc3c2)ccc1Cl. The van der Waals surface area contributed by atoms with E-state index in [0.29, 0.717) is 11.1 Å². The van der Waals surface area contributed by atoms with Gasteiger partial charge in [-0.2, -0.15) is 4.99 Å². The molecule has 0 unspecified atom stereocenters. The number of carboxylic acids is 1. The second-order valence-electron chi connectivity index (χ2n) is 5.50. The van der Waals surface area contributed by atoms with Gasteiger partial charge in [-0.15, -0.1) is 0 Å². The van der Waals surface area contributed by atoms with Crippen LogP contribution in [0.4, 0.5) is 11.4 Å². The van der Waals surface area contributed by atoms with Crippen molar-refractivity contribution in [1.82, 2.24) is 0 Å². The van der Waals surface area contributed by atoms with Gasteiger partial charge in [-0.25, -0.2) is 13.2 Å². The van der Waals surface area contributed by atoms with E-state index < -0.39 is 16.0 Å². The zero-order valence-corrected chi connectivity index (χ0v) is 15.9. The molecule has 3 aromatic carbocycles. The molecule has 6 nitrogen and oxygen atoms in total. The summed E-state index contributed by atoms with van der Waals surface area (Å²) < 4.78 is 27.7. The average Bonchev–Trinajstić information content (AvgIpc) is 2.62. The van der Waals surface area contributed by atoms with Crippen molar-refractivity contribution in [2.75, 3.05) is 4.72 Å². The molecular weight excluding hydrogens is 408 g/mol. The number of isothiocyanates is 1. The molecule has 0 radical (unpaired) electrons. The van der Waals surface area contributed by atoms with Gasteiger partial charge >= 0.3 is 5.97 Å². The van der Waals surface area contributed by atoms with Crippen molar-refractivity contribution in [2.45, 2.75) is 4.90 Å². The maximum Gasteiger partial charge on any atom is 0.337 e. The van der Waals surface area contributed by atoms with Gasteiger partial charge in [0.1, 0.15) is 0 Å². The van der Waals surface area contributed by atoms with Crippen LogP contribution in [-0.2, 0) is 10.0 Å². The standard InChI is InChI=1S/C18H11ClN2O4S2/c19-17-6-4-14(9-16(17)18(22)23)21-27(24,25)15-5-2-11-1-3-13(20-10-26)7-12(11)8-15/h1-9,21H,(H,22,23). The molecule has 0 saturated carbocycles. The fraction of sp³-hybridized carbons (Fsp3) is 0. The van der Waals surface area contributed by atoms with Gasteiger partial charge in [0.05, 0.1) is 26.3 Å². The van der Waals surface area contributed by atoms with Gasteiger partial charge in [-0.1, -0.05) is 23.7 Å². The number of sulfonamides is 1. The molecule has 136 valence electrons. The lowest BCUT2D eigenvalue weighted by molar-refractivity contribution is 0.0697. The van der Waals surface area contributed by atoms with Crippen molar-refractivity contribution in [1.29, 1.82) is 0 Å². The summed E-state index contributed by atoms with van der Waals surface area (Å²) in [5.74, 6) is -1.25. The second-order valence-corrected chi connectivity index (χ2v) is 7.77. The largest absolute Gasteiger partial charge is 0.478 e. The van der Waals surface area contributed by atoms with Crippen LogP contribution in [0.3, 0.4) is 0 Å². The van der Waals surface area contributed by atoms with Crippen LogP contribution in [0.2, 0.25) is 5.02 Å². The topological polar surface area (TPSA) is 95.8 Å². The number of aromatic carboxylic acids is 1. The zero-order chi connectivity index (χ0) is 19.6. The van der Waals surface area contributed by atoms with E-state index in [1.54, 1.807) is 24.3 Å². The maximum absolute atomic E-state index is 12.7. The van der Waals surface area contributed by atoms with E-state index in [-0.39, 0.29) is 21.2 Å². The molecule has 0 saturated heterocycles. The second kappa shape index (κ2) is 7.46. The number of benzene rings is 3. The van der Waals surface area contributed by atoms with Crippen LogP contribution in [0.15, 0.2) is 64.5 Å². The van der Waals surface area contributed by atoms with Gasteiger partial charge < -0.3 is 5.11 Å². The van der Waals surface area contributed by atoms with E-state index in [2.05, 4.69) is 27.1 Å². The van der Waals surface area contributed by atoms with E-state index in [1.165, 1.54) is 24.3 Å². The Hall–Kier alpha value is -2.77. The quantitative estimate of drug-likeness (QED) is 0.461. The lowest BCUT2D eigenvalue weighted by Crippen LogP contribution is -2.13. The first-order chi connectivity index (χ1) is 12.8. The summed E-state index contributed by atoms with van der Waals surface area (Å²) in [7, 11) is -3.94. The monoisotopic (exact) mass is 418 g/mol. The average molecular weight is 419 g/mol. The van der Waals surface area contributed by atoms with Crippen LogP contribution in [0.5, 0.6) is 0 Å². The lowest BCUT2D eigenvalue weighted by atomic mass is 10.1. The summed E-state index contributed by atoms with van der Waals surface area (Å²) >= 11 is 10.4. The molecule has 2 N–H and O–H groups in total. The third-order valence-electron chi connectivity index (χ3n) is 3.73. The Morgan fingerprint density at radius 2 is 1.81 bits per heavy atom. The van der Waals surface area contributed by atoms with Crippen molar-refractivity contribution in [3.63, 3.8) is 0 Å². The molecule has 0 heterocycles. The van der Waals surface area contributed by atoms with Gasteiger partial charge in [0, 0.05) is 5.69 Å². The molecule has 0 aliphatic heterocycles. The van der Waals surface area contributed by atoms with Crippen molar-refractivity contribution >= 4 is 67.1 Å². The molecule has 0 spiro atoms. The number of nitrogens with one attached hydrogen (secondary N) is 1. The molecule has 0 aromatic heterocycles. The first-order valence-corrected chi connectivity index (χ1v) is 9.74. The smallest absolute Gasteiger partial charge is 0.337 e. The molecule has 0 bridgehead atoms. The molecule has 3 rings (SSSR count). The molecular formula is C18H11ClN2O4S2. The number of anilines is 1. The lowest BCUT2D eigenvalue weighted by Gasteiger charge is -2.10. The molecule has 0 aliphatic rings. The molecule has 0 atom stereocenters. The zero-order valence-electron chi connectivity index (χ0n) is 13.5. The number of carboxylic acid groups (broad SMARTS) is 1. The number of carbonyl (C=O) groups is 1. The van der Waals surface area contributed by atoms with Crippen molar-refractivity contribution in [3.05, 3.63) is 65.2 Å². The minimum Gasteiger partial charge on any atom is -0.478 e. The van der Waals surface area contributed by atoms with Crippen LogP contribution in [0.25, 0.3) is 10.8 Å². The van der Waals surface area contributed by atoms with Crippen LogP contribution < -0.4 is 4.72 Å². The third-order valence-corrected chi connectivity index (χ3v) is 5.53. The van der Waals surface area contributed by atoms with E-state index in [9.17, 15) is 13.2 Å². The summed E-state index contributed by atoms with van der Waals surface area (Å²) in [6.07, 6.45) is 0. The minimum absolute atomic E-state index is 0.0165. The fourth-order valence-electron chi connectivity index (χ4n) is 2.47. The Bertz CT molecular complexity index is 1220. The Labute approximate surface area is 165 Å². The Morgan fingerprint density at radius 3 is 2.52 bits per heavy atom. The van der Waals surface area contributed by atoms with Gasteiger partial charge in [-0.05, 0) is 65.5 Å². The minimum atomic E-state index is -3.94. The van der Waals surface area contributed by atoms with Crippen molar-refractivity contribution in [2.24, 2.45) is 4.99 Å². The number of aliphatic imine (C=N–C) groups is 1. The van der Waals surface area contributed by atoms with E-state index in [4.69, 9.17) is 16.7 Å². The fourth-order valence-corrected chi connectivity index (χ4v) is 3.86. The Morgan fingerprint density at radius 1 is 1.07 bits per heavy atom. The number of thiocarbonyl (C=S) groups is 1. The number of hydrogen-bond donors (Lipinski definition) is 2. The van der Waals surface area contributed by atoms with Crippen LogP contribution in [0, 0.1) is 0 Å². The Balaban J connectivity index is 2.00. The predicted molar refractivity (Wildman–Crippen MR) is 108 cm³/mol. The summed E-state index contributed by atoms with van der Waals surface area (Å²) in [6.45, 7) is 0. The van der Waals surface area contributed by atoms with E-state index >= 15 is 0 Å². The molecule has 0 amide bonds. The highest BCUT2D eigenvalue weighted by molar-refractivity contribution is 7.92. The van der Waals surface area contributed by atoms with Crippen molar-refractivity contribution < 1.29 is 18.3 Å². The van der Waals surface area contributed by atoms with E-state index in [1.807, 2.05) is 0 Å². The van der Waals surface area contributed by atoms with Crippen molar-refractivity contribution in [3.8, 4) is 0 Å². The Kier molecular flexibility index (Phi) is 5.25. The summed E-state index contributed by atoms with van der Waals surface area (Å²) in [5.41, 5.74) is 0.456. The normalized spacial score (nSPS) is 11.0. The van der Waals surface area contributed by atoms with E-state index in [0.717, 1.165) is 11.5 Å². The number of hydrogen-bond acceptors (Lipinski definition) is 5. The number of nitrogens with zero attached hydrogens (tertiary/aromatic N) is 1. The summed E-state index contributed by atoms with van der Waals surface area (Å²) in [5, 5.41) is 12.9. The highest BCUT2D eigenvalue weighted by Crippen LogP contribution is 2.26. The first kappa shape index (κ1) is 19.0. The molecule has 0 aliphatic carbocycles. The number of halogens is 1. The molecule has 3 aromatic rings. The van der Waals surface area contributed by atoms with Crippen LogP contribution in [-0.4, -0.2) is 24.7 Å². The molecule has 27 heavy (non-hydrogen) atoms. The van der Waals surface area contributed by atoms with Gasteiger partial charge in [0.15, 0.2) is 0 Å². The summed E-state index contributed by atoms with van der Waals surface area (Å²) in [4.78, 5) is 15.1. The molecule has 0 fully saturated rings. The highest BCUT2D eigenvalue weighted by Gasteiger charge is 2.17. The predicted octanol–water partition coefficient (Wildman–Crippen LogP) is 4.73.